The van der Waals surface area contributed by atoms with Crippen LogP contribution in [0.25, 0.3) is 0 Å². The Morgan fingerprint density at radius 2 is 1.75 bits per heavy atom. The van der Waals surface area contributed by atoms with Crippen LogP contribution < -0.4 is 4.90 Å². The smallest absolute Gasteiger partial charge is 0.249 e. The summed E-state index contributed by atoms with van der Waals surface area (Å²) in [4.78, 5) is 28.4. The molecular formula is C19H19FN2O2. The number of hydrogen-bond acceptors (Lipinski definition) is 2. The Morgan fingerprint density at radius 3 is 2.42 bits per heavy atom. The minimum absolute atomic E-state index is 0.0548. The molecule has 2 amide bonds. The minimum Gasteiger partial charge on any atom is -0.329 e. The van der Waals surface area contributed by atoms with E-state index >= 15 is 0 Å². The van der Waals surface area contributed by atoms with E-state index in [-0.39, 0.29) is 24.1 Å². The van der Waals surface area contributed by atoms with Crippen LogP contribution in [0.2, 0.25) is 0 Å². The van der Waals surface area contributed by atoms with Crippen LogP contribution in [0.4, 0.5) is 10.1 Å². The zero-order chi connectivity index (χ0) is 17.1. The number of anilines is 1. The first kappa shape index (κ1) is 16.2. The third-order valence-electron chi connectivity index (χ3n) is 4.31. The van der Waals surface area contributed by atoms with Crippen molar-refractivity contribution in [2.24, 2.45) is 0 Å². The lowest BCUT2D eigenvalue weighted by atomic mass is 10.1. The highest BCUT2D eigenvalue weighted by atomic mass is 19.1. The van der Waals surface area contributed by atoms with Crippen molar-refractivity contribution in [3.05, 3.63) is 66.0 Å². The summed E-state index contributed by atoms with van der Waals surface area (Å²) in [5, 5.41) is 0. The molecule has 1 saturated heterocycles. The molecule has 1 heterocycles. The molecule has 2 aromatic rings. The van der Waals surface area contributed by atoms with Crippen LogP contribution in [0.5, 0.6) is 0 Å². The number of hydrogen-bond donors (Lipinski definition) is 0. The molecule has 0 bridgehead atoms. The van der Waals surface area contributed by atoms with Crippen molar-refractivity contribution >= 4 is 17.5 Å². The van der Waals surface area contributed by atoms with Gasteiger partial charge in [0.15, 0.2) is 0 Å². The standard InChI is InChI=1S/C19H19FN2O2/c1-14-19(24)22(17-9-7-16(20)8-10-17)12-11-21(14)18(23)13-15-5-3-2-4-6-15/h2-10,14H,11-13H2,1H3. The van der Waals surface area contributed by atoms with Gasteiger partial charge in [-0.05, 0) is 36.8 Å². The van der Waals surface area contributed by atoms with Gasteiger partial charge < -0.3 is 9.80 Å². The lowest BCUT2D eigenvalue weighted by molar-refractivity contribution is -0.140. The van der Waals surface area contributed by atoms with Gasteiger partial charge in [-0.3, -0.25) is 9.59 Å². The summed E-state index contributed by atoms with van der Waals surface area (Å²) in [7, 11) is 0. The summed E-state index contributed by atoms with van der Waals surface area (Å²) in [6, 6.07) is 14.8. The summed E-state index contributed by atoms with van der Waals surface area (Å²) in [5.41, 5.74) is 1.59. The van der Waals surface area contributed by atoms with E-state index in [0.29, 0.717) is 18.8 Å². The van der Waals surface area contributed by atoms with E-state index in [1.807, 2.05) is 30.3 Å². The van der Waals surface area contributed by atoms with E-state index in [1.165, 1.54) is 12.1 Å². The first-order valence-electron chi connectivity index (χ1n) is 7.96. The average molecular weight is 326 g/mol. The van der Waals surface area contributed by atoms with Crippen molar-refractivity contribution in [2.45, 2.75) is 19.4 Å². The molecule has 4 nitrogen and oxygen atoms in total. The summed E-state index contributed by atoms with van der Waals surface area (Å²) >= 11 is 0. The molecule has 1 atom stereocenters. The minimum atomic E-state index is -0.528. The van der Waals surface area contributed by atoms with E-state index in [4.69, 9.17) is 0 Å². The molecule has 1 fully saturated rings. The molecule has 124 valence electrons. The molecule has 0 radical (unpaired) electrons. The number of piperazine rings is 1. The third-order valence-corrected chi connectivity index (χ3v) is 4.31. The zero-order valence-electron chi connectivity index (χ0n) is 13.5. The Hall–Kier alpha value is -2.69. The van der Waals surface area contributed by atoms with Crippen LogP contribution in [0.1, 0.15) is 12.5 Å². The summed E-state index contributed by atoms with van der Waals surface area (Å²) in [6.45, 7) is 2.62. The highest BCUT2D eigenvalue weighted by Crippen LogP contribution is 2.21. The second-order valence-electron chi connectivity index (χ2n) is 5.89. The van der Waals surface area contributed by atoms with Gasteiger partial charge in [-0.2, -0.15) is 0 Å². The molecule has 0 N–H and O–H groups in total. The van der Waals surface area contributed by atoms with E-state index < -0.39 is 6.04 Å². The van der Waals surface area contributed by atoms with Gasteiger partial charge in [-0.1, -0.05) is 30.3 Å². The van der Waals surface area contributed by atoms with Crippen LogP contribution in [-0.2, 0) is 16.0 Å². The summed E-state index contributed by atoms with van der Waals surface area (Å²) in [5.74, 6) is -0.536. The molecule has 2 aromatic carbocycles. The van der Waals surface area contributed by atoms with Gasteiger partial charge in [0, 0.05) is 18.8 Å². The van der Waals surface area contributed by atoms with Gasteiger partial charge in [0.1, 0.15) is 11.9 Å². The topological polar surface area (TPSA) is 40.6 Å². The first-order chi connectivity index (χ1) is 11.6. The van der Waals surface area contributed by atoms with Crippen LogP contribution in [-0.4, -0.2) is 35.8 Å². The third kappa shape index (κ3) is 3.30. The molecular weight excluding hydrogens is 307 g/mol. The predicted molar refractivity (Wildman–Crippen MR) is 90.1 cm³/mol. The van der Waals surface area contributed by atoms with Gasteiger partial charge in [0.05, 0.1) is 6.42 Å². The number of halogens is 1. The van der Waals surface area contributed by atoms with Crippen molar-refractivity contribution in [2.75, 3.05) is 18.0 Å². The van der Waals surface area contributed by atoms with Gasteiger partial charge in [-0.25, -0.2) is 4.39 Å². The Labute approximate surface area is 140 Å². The number of carbonyl (C=O) groups is 2. The van der Waals surface area contributed by atoms with E-state index in [0.717, 1.165) is 5.56 Å². The van der Waals surface area contributed by atoms with Crippen LogP contribution in [0.15, 0.2) is 54.6 Å². The maximum atomic E-state index is 13.0. The number of carbonyl (C=O) groups excluding carboxylic acids is 2. The van der Waals surface area contributed by atoms with Gasteiger partial charge in [0.25, 0.3) is 0 Å². The van der Waals surface area contributed by atoms with Gasteiger partial charge in [0.2, 0.25) is 11.8 Å². The molecule has 24 heavy (non-hydrogen) atoms. The number of nitrogens with zero attached hydrogens (tertiary/aromatic N) is 2. The Kier molecular flexibility index (Phi) is 4.60. The normalized spacial score (nSPS) is 17.9. The fourth-order valence-corrected chi connectivity index (χ4v) is 2.96. The highest BCUT2D eigenvalue weighted by molar-refractivity contribution is 6.00. The number of benzene rings is 2. The molecule has 0 saturated carbocycles. The molecule has 5 heteroatoms. The Bertz CT molecular complexity index is 731. The highest BCUT2D eigenvalue weighted by Gasteiger charge is 2.34. The van der Waals surface area contributed by atoms with Crippen molar-refractivity contribution < 1.29 is 14.0 Å². The van der Waals surface area contributed by atoms with E-state index in [9.17, 15) is 14.0 Å². The predicted octanol–water partition coefficient (Wildman–Crippen LogP) is 2.63. The largest absolute Gasteiger partial charge is 0.329 e. The SMILES string of the molecule is CC1C(=O)N(c2ccc(F)cc2)CCN1C(=O)Cc1ccccc1. The molecule has 0 aromatic heterocycles. The number of amides is 2. The Balaban J connectivity index is 1.70. The summed E-state index contributed by atoms with van der Waals surface area (Å²) in [6.07, 6.45) is 0.287. The molecule has 1 aliphatic rings. The molecule has 0 spiro atoms. The quantitative estimate of drug-likeness (QED) is 0.870. The van der Waals surface area contributed by atoms with E-state index in [2.05, 4.69) is 0 Å². The van der Waals surface area contributed by atoms with Crippen LogP contribution in [0, 0.1) is 5.82 Å². The van der Waals surface area contributed by atoms with Crippen molar-refractivity contribution in [3.63, 3.8) is 0 Å². The Morgan fingerprint density at radius 1 is 1.08 bits per heavy atom. The van der Waals surface area contributed by atoms with Gasteiger partial charge >= 0.3 is 0 Å². The van der Waals surface area contributed by atoms with Crippen LogP contribution >= 0.6 is 0 Å². The first-order valence-corrected chi connectivity index (χ1v) is 7.96. The second kappa shape index (κ2) is 6.83. The lowest BCUT2D eigenvalue weighted by Crippen LogP contribution is -2.58. The zero-order valence-corrected chi connectivity index (χ0v) is 13.5. The van der Waals surface area contributed by atoms with Crippen molar-refractivity contribution in [1.29, 1.82) is 0 Å². The monoisotopic (exact) mass is 326 g/mol. The second-order valence-corrected chi connectivity index (χ2v) is 5.89. The van der Waals surface area contributed by atoms with Crippen molar-refractivity contribution in [1.82, 2.24) is 4.90 Å². The van der Waals surface area contributed by atoms with Crippen molar-refractivity contribution in [3.8, 4) is 0 Å². The molecule has 0 aliphatic carbocycles. The molecule has 1 unspecified atom stereocenters. The van der Waals surface area contributed by atoms with Gasteiger partial charge in [-0.15, -0.1) is 0 Å². The lowest BCUT2D eigenvalue weighted by Gasteiger charge is -2.39. The summed E-state index contributed by atoms with van der Waals surface area (Å²) < 4.78 is 13.0. The number of rotatable bonds is 3. The molecule has 3 rings (SSSR count). The average Bonchev–Trinajstić information content (AvgIpc) is 2.59. The maximum absolute atomic E-state index is 13.0. The molecule has 1 aliphatic heterocycles. The fourth-order valence-electron chi connectivity index (χ4n) is 2.96. The fraction of sp³-hybridized carbons (Fsp3) is 0.263. The maximum Gasteiger partial charge on any atom is 0.249 e. The van der Waals surface area contributed by atoms with E-state index in [1.54, 1.807) is 28.9 Å². The van der Waals surface area contributed by atoms with Crippen LogP contribution in [0.3, 0.4) is 0 Å².